The highest BCUT2D eigenvalue weighted by Gasteiger charge is 2.29. The Balaban J connectivity index is 0.000000293. The first-order valence-electron chi connectivity index (χ1n) is 14.4. The van der Waals surface area contributed by atoms with Crippen molar-refractivity contribution in [1.82, 2.24) is 9.97 Å². The third-order valence-corrected chi connectivity index (χ3v) is 7.38. The summed E-state index contributed by atoms with van der Waals surface area (Å²) in [5.74, 6) is -0.417. The standard InChI is InChI=1S/C16H24N2O3.C15H23N3O3.ClH/c1-12(7-15(19)20-4)13-8-14(10-17-9-13)18-5-6-21-16(2,3)11-18;1-15(2)10-18(4-5-21-15)12-6-11(8-17-9-12)13(16)7-14(19)20-3;/h8-10,12H,5-7,11H2,1-4H3;6,8-9,13H,4-5,7,10,16H2,1-3H3;1H/t12-;13-;/m00./s1. The number of pyridine rings is 2. The Morgan fingerprint density at radius 1 is 0.837 bits per heavy atom. The maximum atomic E-state index is 11.4. The second-order valence-corrected chi connectivity index (χ2v) is 12.1. The number of esters is 2. The van der Waals surface area contributed by atoms with Crippen molar-refractivity contribution in [2.75, 3.05) is 63.4 Å². The molecule has 0 spiro atoms. The number of carbonyl (C=O) groups is 2. The summed E-state index contributed by atoms with van der Waals surface area (Å²) in [7, 11) is 2.78. The molecule has 0 aliphatic carbocycles. The fourth-order valence-corrected chi connectivity index (χ4v) is 5.01. The highest BCUT2D eigenvalue weighted by molar-refractivity contribution is 5.85. The van der Waals surface area contributed by atoms with Crippen molar-refractivity contribution in [3.8, 4) is 0 Å². The number of ether oxygens (including phenoxy) is 4. The number of methoxy groups -OCH3 is 2. The number of hydrogen-bond donors (Lipinski definition) is 1. The van der Waals surface area contributed by atoms with E-state index in [9.17, 15) is 9.59 Å². The summed E-state index contributed by atoms with van der Waals surface area (Å²) in [6.45, 7) is 15.1. The number of carbonyl (C=O) groups excluding carboxylic acids is 2. The summed E-state index contributed by atoms with van der Waals surface area (Å²) in [5.41, 5.74) is 9.69. The fraction of sp³-hybridized carbons (Fsp3) is 0.613. The van der Waals surface area contributed by atoms with Crippen LogP contribution in [0.25, 0.3) is 0 Å². The lowest BCUT2D eigenvalue weighted by Crippen LogP contribution is -2.48. The zero-order valence-electron chi connectivity index (χ0n) is 26.5. The Kier molecular flexibility index (Phi) is 13.6. The van der Waals surface area contributed by atoms with E-state index in [2.05, 4.69) is 58.3 Å². The molecule has 0 aromatic carbocycles. The molecule has 2 atom stereocenters. The van der Waals surface area contributed by atoms with Crippen LogP contribution in [-0.4, -0.2) is 86.7 Å². The molecule has 2 aliphatic rings. The van der Waals surface area contributed by atoms with Gasteiger partial charge in [-0.25, -0.2) is 0 Å². The molecule has 240 valence electrons. The second-order valence-electron chi connectivity index (χ2n) is 12.1. The molecule has 0 saturated carbocycles. The third kappa shape index (κ3) is 11.2. The Labute approximate surface area is 261 Å². The van der Waals surface area contributed by atoms with Gasteiger partial charge in [-0.1, -0.05) is 6.92 Å². The summed E-state index contributed by atoms with van der Waals surface area (Å²) in [5, 5.41) is 0. The number of hydrogen-bond acceptors (Lipinski definition) is 11. The molecule has 0 amide bonds. The zero-order valence-corrected chi connectivity index (χ0v) is 27.3. The van der Waals surface area contributed by atoms with Crippen LogP contribution in [0.5, 0.6) is 0 Å². The maximum Gasteiger partial charge on any atom is 0.307 e. The molecule has 0 unspecified atom stereocenters. The van der Waals surface area contributed by atoms with Crippen molar-refractivity contribution in [1.29, 1.82) is 0 Å². The summed E-state index contributed by atoms with van der Waals surface area (Å²) < 4.78 is 20.8. The Bertz CT molecular complexity index is 1110. The molecule has 2 aromatic heterocycles. The van der Waals surface area contributed by atoms with E-state index in [1.807, 2.05) is 31.6 Å². The number of rotatable bonds is 8. The molecule has 4 heterocycles. The van der Waals surface area contributed by atoms with Crippen LogP contribution in [0.4, 0.5) is 11.4 Å². The monoisotopic (exact) mass is 621 g/mol. The lowest BCUT2D eigenvalue weighted by molar-refractivity contribution is -0.141. The summed E-state index contributed by atoms with van der Waals surface area (Å²) in [6.07, 6.45) is 7.73. The smallest absolute Gasteiger partial charge is 0.307 e. The molecule has 0 bridgehead atoms. The molecule has 2 aromatic rings. The molecule has 0 radical (unpaired) electrons. The van der Waals surface area contributed by atoms with Crippen molar-refractivity contribution in [2.45, 2.75) is 70.6 Å². The van der Waals surface area contributed by atoms with Gasteiger partial charge in [0.15, 0.2) is 0 Å². The van der Waals surface area contributed by atoms with Gasteiger partial charge in [0.25, 0.3) is 0 Å². The van der Waals surface area contributed by atoms with E-state index in [0.717, 1.165) is 55.3 Å². The molecule has 2 aliphatic heterocycles. The molecule has 12 heteroatoms. The van der Waals surface area contributed by atoms with Gasteiger partial charge >= 0.3 is 11.9 Å². The van der Waals surface area contributed by atoms with Crippen molar-refractivity contribution < 1.29 is 28.5 Å². The predicted molar refractivity (Wildman–Crippen MR) is 169 cm³/mol. The van der Waals surface area contributed by atoms with E-state index in [0.29, 0.717) is 13.0 Å². The van der Waals surface area contributed by atoms with E-state index >= 15 is 0 Å². The van der Waals surface area contributed by atoms with Crippen molar-refractivity contribution in [3.63, 3.8) is 0 Å². The van der Waals surface area contributed by atoms with Crippen molar-refractivity contribution >= 4 is 35.7 Å². The third-order valence-electron chi connectivity index (χ3n) is 7.38. The number of nitrogens with zero attached hydrogens (tertiary/aromatic N) is 4. The van der Waals surface area contributed by atoms with Gasteiger partial charge in [-0.15, -0.1) is 12.4 Å². The lowest BCUT2D eigenvalue weighted by atomic mass is 9.99. The molecule has 43 heavy (non-hydrogen) atoms. The Morgan fingerprint density at radius 3 is 1.74 bits per heavy atom. The minimum absolute atomic E-state index is 0. The lowest BCUT2D eigenvalue weighted by Gasteiger charge is -2.39. The maximum absolute atomic E-state index is 11.4. The van der Waals surface area contributed by atoms with Crippen LogP contribution in [0.1, 0.15) is 70.5 Å². The highest BCUT2D eigenvalue weighted by atomic mass is 35.5. The van der Waals surface area contributed by atoms with E-state index < -0.39 is 6.04 Å². The van der Waals surface area contributed by atoms with Crippen molar-refractivity contribution in [3.05, 3.63) is 48.0 Å². The minimum Gasteiger partial charge on any atom is -0.469 e. The summed E-state index contributed by atoms with van der Waals surface area (Å²) in [6, 6.07) is 3.70. The quantitative estimate of drug-likeness (QED) is 0.429. The highest BCUT2D eigenvalue weighted by Crippen LogP contribution is 2.27. The van der Waals surface area contributed by atoms with Gasteiger partial charge in [0, 0.05) is 44.6 Å². The van der Waals surface area contributed by atoms with Gasteiger partial charge in [-0.2, -0.15) is 0 Å². The van der Waals surface area contributed by atoms with Crippen LogP contribution in [0.2, 0.25) is 0 Å². The zero-order chi connectivity index (χ0) is 30.9. The van der Waals surface area contributed by atoms with Gasteiger partial charge in [0.2, 0.25) is 0 Å². The second kappa shape index (κ2) is 16.2. The SMILES string of the molecule is COC(=O)C[C@H](C)c1cncc(N2CCOC(C)(C)C2)c1.COC(=O)C[C@H](N)c1cncc(N2CCOC(C)(C)C2)c1.Cl. The molecule has 4 rings (SSSR count). The molecular formula is C31H48ClN5O6. The topological polar surface area (TPSA) is 129 Å². The van der Waals surface area contributed by atoms with Crippen LogP contribution in [0.15, 0.2) is 36.9 Å². The summed E-state index contributed by atoms with van der Waals surface area (Å²) >= 11 is 0. The average Bonchev–Trinajstić information content (AvgIpc) is 2.96. The number of halogens is 1. The summed E-state index contributed by atoms with van der Waals surface area (Å²) in [4.78, 5) is 35.8. The molecule has 11 nitrogen and oxygen atoms in total. The first-order chi connectivity index (χ1) is 19.8. The first-order valence-corrected chi connectivity index (χ1v) is 14.4. The Morgan fingerprint density at radius 2 is 1.28 bits per heavy atom. The van der Waals surface area contributed by atoms with Crippen LogP contribution < -0.4 is 15.5 Å². The van der Waals surface area contributed by atoms with E-state index in [1.165, 1.54) is 14.2 Å². The average molecular weight is 622 g/mol. The molecular weight excluding hydrogens is 574 g/mol. The van der Waals surface area contributed by atoms with Crippen molar-refractivity contribution in [2.24, 2.45) is 5.73 Å². The van der Waals surface area contributed by atoms with E-state index in [4.69, 9.17) is 19.9 Å². The number of anilines is 2. The van der Waals surface area contributed by atoms with Gasteiger partial charge in [0.1, 0.15) is 0 Å². The normalized spacial score (nSPS) is 18.7. The predicted octanol–water partition coefficient (Wildman–Crippen LogP) is 4.04. The molecule has 2 fully saturated rings. The van der Waals surface area contributed by atoms with Gasteiger partial charge < -0.3 is 34.5 Å². The minimum atomic E-state index is -0.404. The van der Waals surface area contributed by atoms with Gasteiger partial charge in [-0.3, -0.25) is 19.6 Å². The van der Waals surface area contributed by atoms with Crippen LogP contribution in [-0.2, 0) is 28.5 Å². The van der Waals surface area contributed by atoms with Gasteiger partial charge in [0.05, 0.1) is 75.2 Å². The van der Waals surface area contributed by atoms with Crippen LogP contribution >= 0.6 is 12.4 Å². The van der Waals surface area contributed by atoms with E-state index in [1.54, 1.807) is 6.20 Å². The van der Waals surface area contributed by atoms with E-state index in [-0.39, 0.29) is 47.9 Å². The number of morpholine rings is 2. The number of aromatic nitrogens is 2. The first kappa shape index (κ1) is 36.2. The van der Waals surface area contributed by atoms with Crippen LogP contribution in [0.3, 0.4) is 0 Å². The Hall–Kier alpha value is -2.99. The number of nitrogens with two attached hydrogens (primary N) is 1. The molecule has 2 saturated heterocycles. The largest absolute Gasteiger partial charge is 0.469 e. The van der Waals surface area contributed by atoms with Gasteiger partial charge in [-0.05, 0) is 56.9 Å². The molecule has 2 N–H and O–H groups in total. The van der Waals surface area contributed by atoms with Crippen LogP contribution in [0, 0.1) is 0 Å². The fourth-order valence-electron chi connectivity index (χ4n) is 5.01.